The van der Waals surface area contributed by atoms with Crippen molar-refractivity contribution in [1.29, 1.82) is 0 Å². The lowest BCUT2D eigenvalue weighted by Gasteiger charge is -2.04. The van der Waals surface area contributed by atoms with Gasteiger partial charge in [0.05, 0.1) is 15.6 Å². The van der Waals surface area contributed by atoms with Crippen LogP contribution in [0.5, 0.6) is 0 Å². The molecule has 0 saturated carbocycles. The third-order valence-corrected chi connectivity index (χ3v) is 5.53. The third kappa shape index (κ3) is 2.43. The fourth-order valence-electron chi connectivity index (χ4n) is 3.41. The fraction of sp³-hybridized carbons (Fsp3) is 0.0500. The van der Waals surface area contributed by atoms with Gasteiger partial charge in [-0.25, -0.2) is 9.38 Å². The Kier molecular flexibility index (Phi) is 3.38. The lowest BCUT2D eigenvalue weighted by Crippen LogP contribution is -2.23. The van der Waals surface area contributed by atoms with E-state index in [2.05, 4.69) is 4.98 Å². The molecule has 5 rings (SSSR count). The fourth-order valence-corrected chi connectivity index (χ4v) is 4.38. The van der Waals surface area contributed by atoms with Crippen LogP contribution in [0.15, 0.2) is 59.4 Å². The molecule has 1 N–H and O–H groups in total. The van der Waals surface area contributed by atoms with Gasteiger partial charge in [-0.3, -0.25) is 9.59 Å². The number of hydrogen-bond donors (Lipinski definition) is 1. The molecular weight excluding hydrogens is 362 g/mol. The molecule has 2 aromatic carbocycles. The van der Waals surface area contributed by atoms with Gasteiger partial charge < -0.3 is 9.67 Å². The molecule has 0 saturated heterocycles. The standard InChI is InChI=1S/C20H13N3O3S/c24-18(25)11-22-13(9-12-5-1-3-7-15(12)22)10-17-19(26)23-16-8-4-2-6-14(16)21-20(23)27-17/h1-10H,11H2,(H,24,25)/b17-10-. The van der Waals surface area contributed by atoms with Crippen molar-refractivity contribution >= 4 is 50.3 Å². The van der Waals surface area contributed by atoms with E-state index in [9.17, 15) is 14.7 Å². The first-order chi connectivity index (χ1) is 13.1. The molecule has 0 aliphatic heterocycles. The maximum absolute atomic E-state index is 12.9. The van der Waals surface area contributed by atoms with Crippen LogP contribution >= 0.6 is 11.3 Å². The molecule has 0 fully saturated rings. The molecule has 6 nitrogen and oxygen atoms in total. The molecule has 0 spiro atoms. The van der Waals surface area contributed by atoms with Crippen LogP contribution in [0.2, 0.25) is 0 Å². The highest BCUT2D eigenvalue weighted by Crippen LogP contribution is 2.21. The van der Waals surface area contributed by atoms with E-state index >= 15 is 0 Å². The number of rotatable bonds is 3. The Labute approximate surface area is 156 Å². The zero-order chi connectivity index (χ0) is 18.5. The molecule has 0 atom stereocenters. The molecule has 3 heterocycles. The number of aromatic nitrogens is 3. The number of thiazole rings is 1. The average Bonchev–Trinajstić information content (AvgIpc) is 3.27. The normalized spacial score (nSPS) is 12.5. The molecule has 132 valence electrons. The number of benzene rings is 2. The molecule has 0 aliphatic rings. The zero-order valence-electron chi connectivity index (χ0n) is 14.0. The van der Waals surface area contributed by atoms with Gasteiger partial charge in [-0.05, 0) is 30.3 Å². The minimum Gasteiger partial charge on any atom is -0.480 e. The average molecular weight is 375 g/mol. The van der Waals surface area contributed by atoms with Crippen molar-refractivity contribution in [2.24, 2.45) is 0 Å². The molecule has 0 aliphatic carbocycles. The van der Waals surface area contributed by atoms with Crippen molar-refractivity contribution < 1.29 is 9.90 Å². The van der Waals surface area contributed by atoms with Crippen molar-refractivity contribution in [3.63, 3.8) is 0 Å². The second-order valence-electron chi connectivity index (χ2n) is 6.24. The highest BCUT2D eigenvalue weighted by Gasteiger charge is 2.13. The Hall–Kier alpha value is -3.45. The first-order valence-corrected chi connectivity index (χ1v) is 9.15. The number of nitrogens with zero attached hydrogens (tertiary/aromatic N) is 3. The van der Waals surface area contributed by atoms with E-state index in [4.69, 9.17) is 0 Å². The van der Waals surface area contributed by atoms with Gasteiger partial charge in [0.25, 0.3) is 5.56 Å². The minimum absolute atomic E-state index is 0.143. The predicted octanol–water partition coefficient (Wildman–Crippen LogP) is 2.50. The summed E-state index contributed by atoms with van der Waals surface area (Å²) in [7, 11) is 0. The Morgan fingerprint density at radius 2 is 1.85 bits per heavy atom. The molecule has 0 amide bonds. The molecule has 0 bridgehead atoms. The summed E-state index contributed by atoms with van der Waals surface area (Å²) in [4.78, 5) is 29.4. The topological polar surface area (TPSA) is 76.6 Å². The third-order valence-electron chi connectivity index (χ3n) is 4.56. The lowest BCUT2D eigenvalue weighted by molar-refractivity contribution is -0.137. The number of carbonyl (C=O) groups is 1. The highest BCUT2D eigenvalue weighted by atomic mass is 32.1. The van der Waals surface area contributed by atoms with E-state index in [1.807, 2.05) is 54.6 Å². The number of para-hydroxylation sites is 3. The SMILES string of the molecule is O=C(O)Cn1c(/C=c2\sc3nc4ccccc4n3c2=O)cc2ccccc21. The van der Waals surface area contributed by atoms with Gasteiger partial charge in [0, 0.05) is 16.6 Å². The summed E-state index contributed by atoms with van der Waals surface area (Å²) in [5, 5.41) is 10.2. The zero-order valence-corrected chi connectivity index (χ0v) is 14.8. The number of imidazole rings is 1. The van der Waals surface area contributed by atoms with Gasteiger partial charge in [0.15, 0.2) is 4.96 Å². The van der Waals surface area contributed by atoms with E-state index in [1.165, 1.54) is 11.3 Å². The first-order valence-electron chi connectivity index (χ1n) is 8.33. The largest absolute Gasteiger partial charge is 0.480 e. The van der Waals surface area contributed by atoms with E-state index in [0.717, 1.165) is 21.9 Å². The van der Waals surface area contributed by atoms with Crippen LogP contribution in [0.3, 0.4) is 0 Å². The smallest absolute Gasteiger partial charge is 0.323 e. The van der Waals surface area contributed by atoms with Gasteiger partial charge in [-0.15, -0.1) is 0 Å². The van der Waals surface area contributed by atoms with E-state index in [0.29, 0.717) is 15.2 Å². The molecule has 0 unspecified atom stereocenters. The van der Waals surface area contributed by atoms with Crippen LogP contribution in [-0.4, -0.2) is 25.0 Å². The van der Waals surface area contributed by atoms with Gasteiger partial charge >= 0.3 is 5.97 Å². The maximum Gasteiger partial charge on any atom is 0.323 e. The van der Waals surface area contributed by atoms with Gasteiger partial charge in [-0.1, -0.05) is 41.7 Å². The number of fused-ring (bicyclic) bond motifs is 4. The van der Waals surface area contributed by atoms with Crippen molar-refractivity contribution in [2.75, 3.05) is 0 Å². The van der Waals surface area contributed by atoms with Crippen molar-refractivity contribution in [2.45, 2.75) is 6.54 Å². The summed E-state index contributed by atoms with van der Waals surface area (Å²) in [6, 6.07) is 17.0. The summed E-state index contributed by atoms with van der Waals surface area (Å²) in [6.07, 6.45) is 1.75. The van der Waals surface area contributed by atoms with Crippen LogP contribution < -0.4 is 10.1 Å². The van der Waals surface area contributed by atoms with Crippen LogP contribution in [0.25, 0.3) is 33.0 Å². The predicted molar refractivity (Wildman–Crippen MR) is 105 cm³/mol. The highest BCUT2D eigenvalue weighted by molar-refractivity contribution is 7.15. The molecular formula is C20H13N3O3S. The lowest BCUT2D eigenvalue weighted by atomic mass is 10.2. The summed E-state index contributed by atoms with van der Waals surface area (Å²) in [5.41, 5.74) is 2.93. The van der Waals surface area contributed by atoms with Crippen molar-refractivity contribution in [1.82, 2.24) is 14.0 Å². The van der Waals surface area contributed by atoms with Gasteiger partial charge in [0.1, 0.15) is 6.54 Å². The Balaban J connectivity index is 1.79. The van der Waals surface area contributed by atoms with Crippen molar-refractivity contribution in [3.05, 3.63) is 75.2 Å². The van der Waals surface area contributed by atoms with Crippen molar-refractivity contribution in [3.8, 4) is 0 Å². The molecule has 3 aromatic heterocycles. The van der Waals surface area contributed by atoms with Crippen LogP contribution in [0.1, 0.15) is 5.69 Å². The van der Waals surface area contributed by atoms with Gasteiger partial charge in [-0.2, -0.15) is 0 Å². The Morgan fingerprint density at radius 1 is 1.11 bits per heavy atom. The molecule has 7 heteroatoms. The first kappa shape index (κ1) is 15.8. The monoisotopic (exact) mass is 375 g/mol. The summed E-state index contributed by atoms with van der Waals surface area (Å²) in [5.74, 6) is -0.930. The number of hydrogen-bond acceptors (Lipinski definition) is 4. The van der Waals surface area contributed by atoms with E-state index in [-0.39, 0.29) is 12.1 Å². The Morgan fingerprint density at radius 3 is 2.67 bits per heavy atom. The number of carboxylic acids is 1. The van der Waals surface area contributed by atoms with Crippen LogP contribution in [0.4, 0.5) is 0 Å². The number of aliphatic carboxylic acids is 1. The molecule has 0 radical (unpaired) electrons. The van der Waals surface area contributed by atoms with E-state index < -0.39 is 5.97 Å². The molecule has 5 aromatic rings. The quantitative estimate of drug-likeness (QED) is 0.526. The Bertz CT molecular complexity index is 1460. The van der Waals surface area contributed by atoms with Crippen LogP contribution in [0, 0.1) is 0 Å². The molecule has 27 heavy (non-hydrogen) atoms. The number of carboxylic acid groups (broad SMARTS) is 1. The van der Waals surface area contributed by atoms with E-state index in [1.54, 1.807) is 15.0 Å². The minimum atomic E-state index is -0.930. The summed E-state index contributed by atoms with van der Waals surface area (Å²) >= 11 is 1.31. The van der Waals surface area contributed by atoms with Crippen LogP contribution in [-0.2, 0) is 11.3 Å². The second kappa shape index (κ2) is 5.78. The second-order valence-corrected chi connectivity index (χ2v) is 7.25. The maximum atomic E-state index is 12.9. The summed E-state index contributed by atoms with van der Waals surface area (Å²) < 4.78 is 3.84. The summed E-state index contributed by atoms with van der Waals surface area (Å²) in [6.45, 7) is -0.168. The van der Waals surface area contributed by atoms with Gasteiger partial charge in [0.2, 0.25) is 0 Å².